The van der Waals surface area contributed by atoms with E-state index in [9.17, 15) is 24.1 Å². The lowest BCUT2D eigenvalue weighted by Crippen LogP contribution is -2.12. The number of nitrogens with zero attached hydrogens (tertiary/aromatic N) is 1. The molecule has 0 fully saturated rings. The molecule has 1 N–H and O–H groups in total. The van der Waals surface area contributed by atoms with Crippen LogP contribution in [0.4, 0.5) is 15.8 Å². The van der Waals surface area contributed by atoms with Crippen molar-refractivity contribution >= 4 is 23.1 Å². The molecule has 3 aromatic rings. The molecule has 0 aliphatic heterocycles. The second-order valence-corrected chi connectivity index (χ2v) is 6.00. The molecule has 0 aromatic heterocycles. The predicted molar refractivity (Wildman–Crippen MR) is 104 cm³/mol. The van der Waals surface area contributed by atoms with Gasteiger partial charge in [0.25, 0.3) is 11.6 Å². The lowest BCUT2D eigenvalue weighted by Gasteiger charge is -2.08. The minimum atomic E-state index is -0.540. The molecule has 0 unspecified atom stereocenters. The molecular weight excluding hydrogens is 379 g/mol. The van der Waals surface area contributed by atoms with Gasteiger partial charge in [-0.15, -0.1) is 0 Å². The molecule has 0 bridgehead atoms. The third-order valence-electron chi connectivity index (χ3n) is 3.99. The number of Topliss-reactive ketones (excluding diaryl/α,β-unsaturated/α-hetero) is 1. The summed E-state index contributed by atoms with van der Waals surface area (Å²) in [4.78, 5) is 34.3. The Labute approximate surface area is 164 Å². The van der Waals surface area contributed by atoms with Gasteiger partial charge in [-0.2, -0.15) is 0 Å². The van der Waals surface area contributed by atoms with Crippen molar-refractivity contribution in [3.05, 3.63) is 99.9 Å². The van der Waals surface area contributed by atoms with E-state index in [1.54, 1.807) is 24.3 Å². The number of ether oxygens (including phenoxy) is 1. The van der Waals surface area contributed by atoms with Gasteiger partial charge in [0, 0.05) is 28.9 Å². The Morgan fingerprint density at radius 2 is 1.48 bits per heavy atom. The summed E-state index contributed by atoms with van der Waals surface area (Å²) in [5.41, 5.74) is 1.02. The molecule has 0 spiro atoms. The number of anilines is 1. The highest BCUT2D eigenvalue weighted by atomic mass is 19.1. The zero-order chi connectivity index (χ0) is 20.8. The molecule has 8 heteroatoms. The van der Waals surface area contributed by atoms with Crippen LogP contribution in [-0.4, -0.2) is 23.2 Å². The standard InChI is InChI=1S/C21H15FN2O5/c22-16-5-1-14(2-6-16)20(25)13-29-19-11-7-17(8-12-19)23-21(26)15-3-9-18(10-4-15)24(27)28/h1-12H,13H2,(H,23,26). The van der Waals surface area contributed by atoms with Crippen LogP contribution in [0.2, 0.25) is 0 Å². The van der Waals surface area contributed by atoms with E-state index in [2.05, 4.69) is 5.32 Å². The first-order chi connectivity index (χ1) is 13.9. The molecule has 0 aliphatic carbocycles. The van der Waals surface area contributed by atoms with E-state index in [1.165, 1.54) is 48.5 Å². The molecule has 1 amide bonds. The largest absolute Gasteiger partial charge is 0.485 e. The van der Waals surface area contributed by atoms with E-state index in [0.717, 1.165) is 0 Å². The molecule has 0 atom stereocenters. The van der Waals surface area contributed by atoms with Crippen LogP contribution >= 0.6 is 0 Å². The number of benzene rings is 3. The Hall–Kier alpha value is -4.07. The average molecular weight is 394 g/mol. The third kappa shape index (κ3) is 5.23. The quantitative estimate of drug-likeness (QED) is 0.367. The van der Waals surface area contributed by atoms with Crippen molar-refractivity contribution in [2.75, 3.05) is 11.9 Å². The Balaban J connectivity index is 1.55. The van der Waals surface area contributed by atoms with Crippen LogP contribution in [0.1, 0.15) is 20.7 Å². The number of ketones is 1. The highest BCUT2D eigenvalue weighted by molar-refractivity contribution is 6.04. The van der Waals surface area contributed by atoms with Crippen LogP contribution in [-0.2, 0) is 0 Å². The van der Waals surface area contributed by atoms with Crippen LogP contribution in [0.25, 0.3) is 0 Å². The van der Waals surface area contributed by atoms with E-state index in [-0.39, 0.29) is 23.6 Å². The van der Waals surface area contributed by atoms with Crippen molar-refractivity contribution in [2.24, 2.45) is 0 Å². The van der Waals surface area contributed by atoms with Gasteiger partial charge in [-0.05, 0) is 60.7 Å². The molecule has 0 radical (unpaired) electrons. The minimum Gasteiger partial charge on any atom is -0.485 e. The minimum absolute atomic E-state index is 0.0989. The number of nitro benzene ring substituents is 1. The van der Waals surface area contributed by atoms with Gasteiger partial charge in [-0.1, -0.05) is 0 Å². The summed E-state index contributed by atoms with van der Waals surface area (Å²) < 4.78 is 18.3. The van der Waals surface area contributed by atoms with Gasteiger partial charge in [0.05, 0.1) is 4.92 Å². The number of hydrogen-bond acceptors (Lipinski definition) is 5. The summed E-state index contributed by atoms with van der Waals surface area (Å²) in [5, 5.41) is 13.3. The van der Waals surface area contributed by atoms with Crippen molar-refractivity contribution in [3.63, 3.8) is 0 Å². The summed E-state index contributed by atoms with van der Waals surface area (Å²) in [6, 6.07) is 16.8. The maximum absolute atomic E-state index is 12.9. The number of halogens is 1. The molecule has 146 valence electrons. The van der Waals surface area contributed by atoms with Gasteiger partial charge < -0.3 is 10.1 Å². The van der Waals surface area contributed by atoms with Crippen molar-refractivity contribution in [2.45, 2.75) is 0 Å². The highest BCUT2D eigenvalue weighted by Gasteiger charge is 2.10. The fourth-order valence-electron chi connectivity index (χ4n) is 2.44. The molecule has 0 heterocycles. The van der Waals surface area contributed by atoms with Crippen LogP contribution in [0.3, 0.4) is 0 Å². The molecule has 3 aromatic carbocycles. The molecule has 7 nitrogen and oxygen atoms in total. The van der Waals surface area contributed by atoms with Gasteiger partial charge in [0.2, 0.25) is 0 Å². The van der Waals surface area contributed by atoms with Crippen molar-refractivity contribution in [3.8, 4) is 5.75 Å². The van der Waals surface area contributed by atoms with Gasteiger partial charge in [-0.25, -0.2) is 4.39 Å². The summed E-state index contributed by atoms with van der Waals surface area (Å²) in [7, 11) is 0. The normalized spacial score (nSPS) is 10.2. The first-order valence-corrected chi connectivity index (χ1v) is 8.50. The summed E-state index contributed by atoms with van der Waals surface area (Å²) >= 11 is 0. The topological polar surface area (TPSA) is 98.5 Å². The maximum Gasteiger partial charge on any atom is 0.269 e. The van der Waals surface area contributed by atoms with Gasteiger partial charge in [0.15, 0.2) is 12.4 Å². The zero-order valence-corrected chi connectivity index (χ0v) is 15.0. The first kappa shape index (κ1) is 19.7. The number of rotatable bonds is 7. The second kappa shape index (κ2) is 8.75. The van der Waals surface area contributed by atoms with E-state index in [0.29, 0.717) is 17.0 Å². The van der Waals surface area contributed by atoms with Gasteiger partial charge in [0.1, 0.15) is 11.6 Å². The maximum atomic E-state index is 12.9. The van der Waals surface area contributed by atoms with Crippen LogP contribution < -0.4 is 10.1 Å². The third-order valence-corrected chi connectivity index (χ3v) is 3.99. The monoisotopic (exact) mass is 394 g/mol. The molecule has 29 heavy (non-hydrogen) atoms. The van der Waals surface area contributed by atoms with Gasteiger partial charge >= 0.3 is 0 Å². The number of carbonyl (C=O) groups is 2. The number of hydrogen-bond donors (Lipinski definition) is 1. The lowest BCUT2D eigenvalue weighted by atomic mass is 10.1. The number of nitrogens with one attached hydrogen (secondary N) is 1. The van der Waals surface area contributed by atoms with Crippen LogP contribution in [0.5, 0.6) is 5.75 Å². The highest BCUT2D eigenvalue weighted by Crippen LogP contribution is 2.18. The van der Waals surface area contributed by atoms with E-state index in [1.807, 2.05) is 0 Å². The second-order valence-electron chi connectivity index (χ2n) is 6.00. The van der Waals surface area contributed by atoms with Crippen molar-refractivity contribution < 1.29 is 23.6 Å². The Morgan fingerprint density at radius 3 is 2.07 bits per heavy atom. The summed E-state index contributed by atoms with van der Waals surface area (Å²) in [6.45, 7) is -0.208. The first-order valence-electron chi connectivity index (χ1n) is 8.50. The molecular formula is C21H15FN2O5. The number of amides is 1. The van der Waals surface area contributed by atoms with E-state index in [4.69, 9.17) is 4.74 Å². The SMILES string of the molecule is O=C(COc1ccc(NC(=O)c2ccc([N+](=O)[O-])cc2)cc1)c1ccc(F)cc1. The molecule has 0 saturated carbocycles. The number of nitro groups is 1. The smallest absolute Gasteiger partial charge is 0.269 e. The summed E-state index contributed by atoms with van der Waals surface area (Å²) in [6.07, 6.45) is 0. The Morgan fingerprint density at radius 1 is 0.897 bits per heavy atom. The van der Waals surface area contributed by atoms with E-state index >= 15 is 0 Å². The fourth-order valence-corrected chi connectivity index (χ4v) is 2.44. The van der Waals surface area contributed by atoms with Crippen molar-refractivity contribution in [1.82, 2.24) is 0 Å². The molecule has 0 saturated heterocycles. The fraction of sp³-hybridized carbons (Fsp3) is 0.0476. The average Bonchev–Trinajstić information content (AvgIpc) is 2.73. The van der Waals surface area contributed by atoms with Crippen LogP contribution in [0.15, 0.2) is 72.8 Å². The molecule has 0 aliphatic rings. The Bertz CT molecular complexity index is 1030. The predicted octanol–water partition coefficient (Wildman–Crippen LogP) is 4.25. The lowest BCUT2D eigenvalue weighted by molar-refractivity contribution is -0.384. The van der Waals surface area contributed by atoms with Crippen molar-refractivity contribution in [1.29, 1.82) is 0 Å². The number of non-ortho nitro benzene ring substituents is 1. The zero-order valence-electron chi connectivity index (χ0n) is 15.0. The van der Waals surface area contributed by atoms with Gasteiger partial charge in [-0.3, -0.25) is 19.7 Å². The van der Waals surface area contributed by atoms with E-state index < -0.39 is 16.6 Å². The van der Waals surface area contributed by atoms with Crippen LogP contribution in [0, 0.1) is 15.9 Å². The number of carbonyl (C=O) groups excluding carboxylic acids is 2. The molecule has 3 rings (SSSR count). The summed E-state index contributed by atoms with van der Waals surface area (Å²) in [5.74, 6) is -0.705. The Kier molecular flexibility index (Phi) is 5.94.